The van der Waals surface area contributed by atoms with Crippen molar-refractivity contribution in [1.29, 1.82) is 0 Å². The first-order valence-corrected chi connectivity index (χ1v) is 6.11. The number of hydrogen-bond acceptors (Lipinski definition) is 3. The summed E-state index contributed by atoms with van der Waals surface area (Å²) in [6.45, 7) is 0.342. The van der Waals surface area contributed by atoms with E-state index < -0.39 is 26.6 Å². The minimum atomic E-state index is -4.15. The van der Waals surface area contributed by atoms with Gasteiger partial charge in [0.25, 0.3) is 0 Å². The van der Waals surface area contributed by atoms with Crippen LogP contribution >= 0.6 is 12.4 Å². The molecule has 8 heteroatoms. The summed E-state index contributed by atoms with van der Waals surface area (Å²) in [6.07, 6.45) is 0.398. The zero-order valence-electron chi connectivity index (χ0n) is 8.82. The summed E-state index contributed by atoms with van der Waals surface area (Å²) >= 11 is 0. The van der Waals surface area contributed by atoms with Crippen LogP contribution in [0.4, 0.5) is 8.78 Å². The smallest absolute Gasteiger partial charge is 0.246 e. The highest BCUT2D eigenvalue weighted by Gasteiger charge is 2.22. The molecule has 98 valence electrons. The summed E-state index contributed by atoms with van der Waals surface area (Å²) in [5.41, 5.74) is 5.17. The Hall–Kier alpha value is -0.760. The first kappa shape index (κ1) is 16.2. The van der Waals surface area contributed by atoms with Crippen molar-refractivity contribution in [1.82, 2.24) is 4.72 Å². The highest BCUT2D eigenvalue weighted by atomic mass is 35.5. The molecule has 0 saturated carbocycles. The molecule has 0 unspecified atom stereocenters. The molecule has 0 amide bonds. The second-order valence-electron chi connectivity index (χ2n) is 3.09. The number of sulfonamides is 1. The van der Waals surface area contributed by atoms with Gasteiger partial charge in [-0.3, -0.25) is 0 Å². The molecule has 17 heavy (non-hydrogen) atoms. The van der Waals surface area contributed by atoms with Crippen molar-refractivity contribution in [3.8, 4) is 0 Å². The Morgan fingerprint density at radius 3 is 2.24 bits per heavy atom. The summed E-state index contributed by atoms with van der Waals surface area (Å²) in [7, 11) is -4.15. The molecule has 0 aliphatic rings. The molecule has 0 radical (unpaired) electrons. The normalized spacial score (nSPS) is 11.0. The molecule has 0 heterocycles. The summed E-state index contributed by atoms with van der Waals surface area (Å²) in [5.74, 6) is -2.22. The lowest BCUT2D eigenvalue weighted by Crippen LogP contribution is -2.27. The van der Waals surface area contributed by atoms with Crippen LogP contribution in [0.2, 0.25) is 0 Å². The average molecular weight is 287 g/mol. The van der Waals surface area contributed by atoms with Gasteiger partial charge < -0.3 is 5.73 Å². The molecule has 0 aromatic heterocycles. The van der Waals surface area contributed by atoms with E-state index in [1.54, 1.807) is 0 Å². The standard InChI is InChI=1S/C9H12F2N2O2S.ClH/c10-7-3-1-4-8(11)9(7)16(14,15)13-6-2-5-12;/h1,3-4,13H,2,5-6,12H2;1H. The van der Waals surface area contributed by atoms with Crippen molar-refractivity contribution in [2.24, 2.45) is 5.73 Å². The molecule has 1 aromatic rings. The predicted molar refractivity (Wildman–Crippen MR) is 62.5 cm³/mol. The third kappa shape index (κ3) is 4.19. The molecule has 4 nitrogen and oxygen atoms in total. The molecule has 0 aliphatic carbocycles. The van der Waals surface area contributed by atoms with E-state index >= 15 is 0 Å². The SMILES string of the molecule is Cl.NCCCNS(=O)(=O)c1c(F)cccc1F. The first-order chi connectivity index (χ1) is 7.49. The van der Waals surface area contributed by atoms with Crippen LogP contribution in [0.3, 0.4) is 0 Å². The van der Waals surface area contributed by atoms with E-state index in [1.165, 1.54) is 0 Å². The van der Waals surface area contributed by atoms with Gasteiger partial charge in [-0.25, -0.2) is 21.9 Å². The van der Waals surface area contributed by atoms with E-state index in [-0.39, 0.29) is 19.0 Å². The maximum absolute atomic E-state index is 13.2. The Bertz CT molecular complexity index is 448. The minimum Gasteiger partial charge on any atom is -0.330 e. The maximum atomic E-state index is 13.2. The lowest BCUT2D eigenvalue weighted by atomic mass is 10.3. The van der Waals surface area contributed by atoms with Crippen molar-refractivity contribution in [2.45, 2.75) is 11.3 Å². The van der Waals surface area contributed by atoms with E-state index in [9.17, 15) is 17.2 Å². The largest absolute Gasteiger partial charge is 0.330 e. The second kappa shape index (κ2) is 6.85. The Morgan fingerprint density at radius 1 is 1.24 bits per heavy atom. The third-order valence-corrected chi connectivity index (χ3v) is 3.37. The van der Waals surface area contributed by atoms with Gasteiger partial charge in [0.1, 0.15) is 11.6 Å². The molecule has 1 aromatic carbocycles. The van der Waals surface area contributed by atoms with Crippen molar-refractivity contribution < 1.29 is 17.2 Å². The van der Waals surface area contributed by atoms with E-state index in [1.807, 2.05) is 0 Å². The second-order valence-corrected chi connectivity index (χ2v) is 4.79. The molecule has 0 spiro atoms. The van der Waals surface area contributed by atoms with Gasteiger partial charge in [-0.05, 0) is 25.1 Å². The number of rotatable bonds is 5. The number of nitrogens with two attached hydrogens (primary N) is 1. The molecule has 1 rings (SSSR count). The van der Waals surface area contributed by atoms with Crippen LogP contribution in [0.15, 0.2) is 23.1 Å². The van der Waals surface area contributed by atoms with E-state index in [0.29, 0.717) is 13.0 Å². The minimum absolute atomic E-state index is 0. The van der Waals surface area contributed by atoms with E-state index in [0.717, 1.165) is 18.2 Å². The van der Waals surface area contributed by atoms with Gasteiger partial charge in [0, 0.05) is 6.54 Å². The topological polar surface area (TPSA) is 72.2 Å². The quantitative estimate of drug-likeness (QED) is 0.794. The summed E-state index contributed by atoms with van der Waals surface area (Å²) in [6, 6.07) is 2.88. The fourth-order valence-corrected chi connectivity index (χ4v) is 2.33. The van der Waals surface area contributed by atoms with Gasteiger partial charge in [-0.1, -0.05) is 6.07 Å². The molecule has 0 atom stereocenters. The average Bonchev–Trinajstić information content (AvgIpc) is 2.17. The summed E-state index contributed by atoms with van der Waals surface area (Å²) < 4.78 is 51.4. The van der Waals surface area contributed by atoms with Gasteiger partial charge in [0.2, 0.25) is 10.0 Å². The van der Waals surface area contributed by atoms with E-state index in [4.69, 9.17) is 5.73 Å². The van der Waals surface area contributed by atoms with Crippen molar-refractivity contribution in [3.05, 3.63) is 29.8 Å². The van der Waals surface area contributed by atoms with Crippen LogP contribution < -0.4 is 10.5 Å². The van der Waals surface area contributed by atoms with Crippen molar-refractivity contribution in [2.75, 3.05) is 13.1 Å². The molecule has 0 aliphatic heterocycles. The maximum Gasteiger partial charge on any atom is 0.246 e. The number of halogens is 3. The Morgan fingerprint density at radius 2 is 1.76 bits per heavy atom. The fourth-order valence-electron chi connectivity index (χ4n) is 1.12. The zero-order chi connectivity index (χ0) is 12.2. The molecule has 0 saturated heterocycles. The highest BCUT2D eigenvalue weighted by molar-refractivity contribution is 7.89. The van der Waals surface area contributed by atoms with Crippen molar-refractivity contribution in [3.63, 3.8) is 0 Å². The third-order valence-electron chi connectivity index (χ3n) is 1.86. The molecular weight excluding hydrogens is 274 g/mol. The number of nitrogens with one attached hydrogen (secondary N) is 1. The van der Waals surface area contributed by atoms with Gasteiger partial charge in [0.15, 0.2) is 4.90 Å². The summed E-state index contributed by atoms with van der Waals surface area (Å²) in [4.78, 5) is -0.952. The van der Waals surface area contributed by atoms with Crippen molar-refractivity contribution >= 4 is 22.4 Å². The molecular formula is C9H13ClF2N2O2S. The van der Waals surface area contributed by atoms with Gasteiger partial charge >= 0.3 is 0 Å². The van der Waals surface area contributed by atoms with Crippen LogP contribution in [0.5, 0.6) is 0 Å². The summed E-state index contributed by atoms with van der Waals surface area (Å²) in [5, 5.41) is 0. The lowest BCUT2D eigenvalue weighted by molar-refractivity contribution is 0.513. The highest BCUT2D eigenvalue weighted by Crippen LogP contribution is 2.17. The monoisotopic (exact) mass is 286 g/mol. The van der Waals surface area contributed by atoms with Crippen LogP contribution in [0.25, 0.3) is 0 Å². The van der Waals surface area contributed by atoms with E-state index in [2.05, 4.69) is 4.72 Å². The van der Waals surface area contributed by atoms with Crippen LogP contribution in [-0.4, -0.2) is 21.5 Å². The number of hydrogen-bond donors (Lipinski definition) is 2. The number of benzene rings is 1. The fraction of sp³-hybridized carbons (Fsp3) is 0.333. The molecule has 0 fully saturated rings. The lowest BCUT2D eigenvalue weighted by Gasteiger charge is -2.07. The van der Waals surface area contributed by atoms with Crippen LogP contribution in [0, 0.1) is 11.6 Å². The molecule has 3 N–H and O–H groups in total. The Labute approximate surface area is 105 Å². The zero-order valence-corrected chi connectivity index (χ0v) is 10.5. The van der Waals surface area contributed by atoms with Crippen LogP contribution in [0.1, 0.15) is 6.42 Å². The van der Waals surface area contributed by atoms with Crippen LogP contribution in [-0.2, 0) is 10.0 Å². The Kier molecular flexibility index (Phi) is 6.54. The predicted octanol–water partition coefficient (Wildman–Crippen LogP) is 1.01. The Balaban J connectivity index is 0.00000256. The van der Waals surface area contributed by atoms with Gasteiger partial charge in [-0.15, -0.1) is 12.4 Å². The first-order valence-electron chi connectivity index (χ1n) is 4.63. The van der Waals surface area contributed by atoms with Gasteiger partial charge in [-0.2, -0.15) is 0 Å². The molecule has 0 bridgehead atoms. The van der Waals surface area contributed by atoms with Gasteiger partial charge in [0.05, 0.1) is 0 Å².